The van der Waals surface area contributed by atoms with Crippen molar-refractivity contribution in [2.75, 3.05) is 0 Å². The van der Waals surface area contributed by atoms with Crippen molar-refractivity contribution in [1.82, 2.24) is 19.9 Å². The summed E-state index contributed by atoms with van der Waals surface area (Å²) >= 11 is 0. The Morgan fingerprint density at radius 1 is 0.255 bits per heavy atom. The highest BCUT2D eigenvalue weighted by atomic mass is 14.9. The fourth-order valence-corrected chi connectivity index (χ4v) is 8.88. The molecule has 1 spiro atoms. The van der Waals surface area contributed by atoms with Gasteiger partial charge in [0.2, 0.25) is 0 Å². The molecular weight excluding hydrogens is 669 g/mol. The first-order valence-electron chi connectivity index (χ1n) is 18.6. The molecule has 2 aliphatic rings. The Labute approximate surface area is 319 Å². The highest BCUT2D eigenvalue weighted by molar-refractivity contribution is 5.98. The smallest absolute Gasteiger partial charge is 0.159 e. The predicted octanol–water partition coefficient (Wildman–Crippen LogP) is 11.9. The molecule has 11 rings (SSSR count). The molecule has 0 fully saturated rings. The average molecular weight is 701 g/mol. The molecule has 0 saturated carbocycles. The second-order valence-corrected chi connectivity index (χ2v) is 14.2. The first-order valence-corrected chi connectivity index (χ1v) is 18.6. The van der Waals surface area contributed by atoms with Gasteiger partial charge in [0.15, 0.2) is 11.6 Å². The number of hydrogen-bond donors (Lipinski definition) is 0. The highest BCUT2D eigenvalue weighted by Crippen LogP contribution is 2.62. The minimum Gasteiger partial charge on any atom is -0.236 e. The molecule has 2 aromatic heterocycles. The van der Waals surface area contributed by atoms with E-state index in [1.54, 1.807) is 0 Å². The molecule has 4 nitrogen and oxygen atoms in total. The zero-order valence-electron chi connectivity index (χ0n) is 29.8. The van der Waals surface area contributed by atoms with E-state index >= 15 is 0 Å². The maximum Gasteiger partial charge on any atom is 0.159 e. The van der Waals surface area contributed by atoms with Gasteiger partial charge in [-0.3, -0.25) is 0 Å². The van der Waals surface area contributed by atoms with Crippen molar-refractivity contribution in [2.45, 2.75) is 5.41 Å². The van der Waals surface area contributed by atoms with E-state index in [2.05, 4.69) is 109 Å². The second-order valence-electron chi connectivity index (χ2n) is 14.2. The Morgan fingerprint density at radius 3 is 1.02 bits per heavy atom. The van der Waals surface area contributed by atoms with Crippen LogP contribution in [-0.4, -0.2) is 19.9 Å². The predicted molar refractivity (Wildman–Crippen MR) is 221 cm³/mol. The van der Waals surface area contributed by atoms with Gasteiger partial charge in [-0.05, 0) is 78.9 Å². The molecule has 55 heavy (non-hydrogen) atoms. The molecule has 0 aliphatic heterocycles. The molecule has 2 heterocycles. The van der Waals surface area contributed by atoms with Gasteiger partial charge in [-0.1, -0.05) is 158 Å². The van der Waals surface area contributed by atoms with Crippen LogP contribution in [0.2, 0.25) is 0 Å². The minimum atomic E-state index is -0.640. The zero-order chi connectivity index (χ0) is 36.3. The van der Waals surface area contributed by atoms with E-state index in [4.69, 9.17) is 19.9 Å². The maximum atomic E-state index is 4.84. The number of fused-ring (bicyclic) bond motifs is 12. The standard InChI is InChI=1S/C51H32N4/c1-3-13-33(14-4-1)49-52-29-37(30-53-49)35-23-25-43-39-17-7-8-18-40(39)44-26-24-36(38-31-54-50(55-32-38)34-15-5-2-6-16-34)28-48(44)51(47(43)27-35)45-21-11-9-19-41(45)42-20-10-12-22-46(42)51/h1-32H. The summed E-state index contributed by atoms with van der Waals surface area (Å²) in [6.07, 6.45) is 7.82. The molecule has 0 amide bonds. The van der Waals surface area contributed by atoms with Gasteiger partial charge >= 0.3 is 0 Å². The molecule has 0 saturated heterocycles. The number of aromatic nitrogens is 4. The lowest BCUT2D eigenvalue weighted by Crippen LogP contribution is -2.29. The van der Waals surface area contributed by atoms with E-state index < -0.39 is 5.41 Å². The summed E-state index contributed by atoms with van der Waals surface area (Å²) in [7, 11) is 0. The molecule has 0 unspecified atom stereocenters. The summed E-state index contributed by atoms with van der Waals surface area (Å²) < 4.78 is 0. The molecule has 0 radical (unpaired) electrons. The summed E-state index contributed by atoms with van der Waals surface area (Å²) in [6, 6.07) is 60.9. The molecule has 256 valence electrons. The first kappa shape index (κ1) is 31.2. The highest BCUT2D eigenvalue weighted by Gasteiger charge is 2.49. The van der Waals surface area contributed by atoms with Gasteiger partial charge in [0.05, 0.1) is 5.41 Å². The molecule has 9 aromatic rings. The SMILES string of the molecule is c1ccc(-c2ncc(-c3ccc4c(c3)C3(c5cc(-c6cnc(-c7ccccc7)nc6)ccc5-c5ccccc5-4)c4ccccc4-c4ccccc43)cn2)cc1. The fourth-order valence-electron chi connectivity index (χ4n) is 8.88. The van der Waals surface area contributed by atoms with Crippen LogP contribution in [0.5, 0.6) is 0 Å². The Morgan fingerprint density at radius 2 is 0.600 bits per heavy atom. The molecule has 2 aliphatic carbocycles. The number of rotatable bonds is 4. The van der Waals surface area contributed by atoms with Crippen molar-refractivity contribution in [1.29, 1.82) is 0 Å². The van der Waals surface area contributed by atoms with Crippen LogP contribution < -0.4 is 0 Å². The van der Waals surface area contributed by atoms with E-state index in [1.165, 1.54) is 55.6 Å². The van der Waals surface area contributed by atoms with Gasteiger partial charge in [0, 0.05) is 47.0 Å². The number of hydrogen-bond acceptors (Lipinski definition) is 4. The lowest BCUT2D eigenvalue weighted by atomic mass is 9.65. The summed E-state index contributed by atoms with van der Waals surface area (Å²) in [5.74, 6) is 1.43. The van der Waals surface area contributed by atoms with E-state index in [1.807, 2.05) is 85.5 Å². The minimum absolute atomic E-state index is 0.640. The maximum absolute atomic E-state index is 4.84. The Hall–Kier alpha value is -7.30. The summed E-state index contributed by atoms with van der Waals surface area (Å²) in [6.45, 7) is 0. The first-order chi connectivity index (χ1) is 27.3. The van der Waals surface area contributed by atoms with Crippen molar-refractivity contribution in [3.05, 3.63) is 217 Å². The van der Waals surface area contributed by atoms with E-state index in [0.717, 1.165) is 33.4 Å². The largest absolute Gasteiger partial charge is 0.236 e. The van der Waals surface area contributed by atoms with Gasteiger partial charge < -0.3 is 0 Å². The third-order valence-corrected chi connectivity index (χ3v) is 11.3. The third-order valence-electron chi connectivity index (χ3n) is 11.3. The van der Waals surface area contributed by atoms with Crippen LogP contribution in [0.1, 0.15) is 22.3 Å². The topological polar surface area (TPSA) is 51.6 Å². The lowest BCUT2D eigenvalue weighted by molar-refractivity contribution is 0.776. The summed E-state index contributed by atoms with van der Waals surface area (Å²) in [5.41, 5.74) is 17.8. The molecule has 0 bridgehead atoms. The van der Waals surface area contributed by atoms with Crippen LogP contribution in [-0.2, 0) is 5.41 Å². The van der Waals surface area contributed by atoms with Gasteiger partial charge in [0.1, 0.15) is 0 Å². The van der Waals surface area contributed by atoms with Gasteiger partial charge in [0.25, 0.3) is 0 Å². The van der Waals surface area contributed by atoms with Gasteiger partial charge in [-0.25, -0.2) is 19.9 Å². The second kappa shape index (κ2) is 12.4. The van der Waals surface area contributed by atoms with Crippen LogP contribution in [0, 0.1) is 0 Å². The van der Waals surface area contributed by atoms with Crippen molar-refractivity contribution < 1.29 is 0 Å². The van der Waals surface area contributed by atoms with Gasteiger partial charge in [-0.2, -0.15) is 0 Å². The van der Waals surface area contributed by atoms with E-state index in [0.29, 0.717) is 11.6 Å². The molecule has 0 atom stereocenters. The quantitative estimate of drug-likeness (QED) is 0.183. The molecule has 0 N–H and O–H groups in total. The normalized spacial score (nSPS) is 12.9. The zero-order valence-corrected chi connectivity index (χ0v) is 29.8. The fraction of sp³-hybridized carbons (Fsp3) is 0.0196. The van der Waals surface area contributed by atoms with Crippen molar-refractivity contribution >= 4 is 0 Å². The Bertz CT molecular complexity index is 2700. The van der Waals surface area contributed by atoms with Crippen LogP contribution in [0.4, 0.5) is 0 Å². The van der Waals surface area contributed by atoms with Crippen molar-refractivity contribution in [2.24, 2.45) is 0 Å². The van der Waals surface area contributed by atoms with Crippen LogP contribution >= 0.6 is 0 Å². The number of nitrogens with zero attached hydrogens (tertiary/aromatic N) is 4. The third kappa shape index (κ3) is 4.78. The molecule has 4 heteroatoms. The van der Waals surface area contributed by atoms with E-state index in [9.17, 15) is 0 Å². The van der Waals surface area contributed by atoms with E-state index in [-0.39, 0.29) is 0 Å². The summed E-state index contributed by atoms with van der Waals surface area (Å²) in [5, 5.41) is 0. The monoisotopic (exact) mass is 700 g/mol. The van der Waals surface area contributed by atoms with Crippen LogP contribution in [0.15, 0.2) is 195 Å². The van der Waals surface area contributed by atoms with Gasteiger partial charge in [-0.15, -0.1) is 0 Å². The molecular formula is C51H32N4. The Balaban J connectivity index is 1.19. The lowest BCUT2D eigenvalue weighted by Gasteiger charge is -2.36. The summed E-state index contributed by atoms with van der Waals surface area (Å²) in [4.78, 5) is 19.3. The van der Waals surface area contributed by atoms with Crippen LogP contribution in [0.25, 0.3) is 78.4 Å². The number of benzene rings is 7. The molecule has 7 aromatic carbocycles. The average Bonchev–Trinajstić information content (AvgIpc) is 3.52. The Kier molecular flexibility index (Phi) is 7.04. The van der Waals surface area contributed by atoms with Crippen molar-refractivity contribution in [3.8, 4) is 78.4 Å². The van der Waals surface area contributed by atoms with Crippen LogP contribution in [0.3, 0.4) is 0 Å². The van der Waals surface area contributed by atoms with Crippen molar-refractivity contribution in [3.63, 3.8) is 0 Å².